The molecule has 0 aliphatic carbocycles. The molecule has 1 atom stereocenters. The van der Waals surface area contributed by atoms with Crippen LogP contribution in [0.1, 0.15) is 25.5 Å². The van der Waals surface area contributed by atoms with Gasteiger partial charge in [0.2, 0.25) is 0 Å². The summed E-state index contributed by atoms with van der Waals surface area (Å²) in [6, 6.07) is 6.07. The summed E-state index contributed by atoms with van der Waals surface area (Å²) in [6.07, 6.45) is 2.38. The summed E-state index contributed by atoms with van der Waals surface area (Å²) in [5, 5.41) is 11.6. The predicted molar refractivity (Wildman–Crippen MR) is 62.8 cm³/mol. The van der Waals surface area contributed by atoms with Crippen molar-refractivity contribution < 1.29 is 5.21 Å². The molecule has 0 amide bonds. The first-order chi connectivity index (χ1) is 7.72. The van der Waals surface area contributed by atoms with Gasteiger partial charge in [0, 0.05) is 12.6 Å². The highest BCUT2D eigenvalue weighted by molar-refractivity contribution is 5.95. The van der Waals surface area contributed by atoms with Gasteiger partial charge in [-0.3, -0.25) is 0 Å². The lowest BCUT2D eigenvalue weighted by Crippen LogP contribution is -2.28. The monoisotopic (exact) mass is 220 g/mol. The Balaban J connectivity index is 2.28. The Morgan fingerprint density at radius 2 is 2.44 bits per heavy atom. The summed E-state index contributed by atoms with van der Waals surface area (Å²) in [6.45, 7) is 3.21. The average molecular weight is 220 g/mol. The lowest BCUT2D eigenvalue weighted by molar-refractivity contribution is 0.318. The van der Waals surface area contributed by atoms with Crippen LogP contribution in [0.3, 0.4) is 0 Å². The third kappa shape index (κ3) is 1.93. The van der Waals surface area contributed by atoms with Crippen molar-refractivity contribution in [1.82, 2.24) is 4.98 Å². The second kappa shape index (κ2) is 4.38. The van der Waals surface area contributed by atoms with Crippen LogP contribution in [-0.2, 0) is 0 Å². The minimum absolute atomic E-state index is 0.0497. The molecule has 16 heavy (non-hydrogen) atoms. The van der Waals surface area contributed by atoms with Gasteiger partial charge in [-0.15, -0.1) is 0 Å². The van der Waals surface area contributed by atoms with E-state index in [0.717, 1.165) is 12.4 Å². The van der Waals surface area contributed by atoms with Gasteiger partial charge in [-0.05, 0) is 31.9 Å². The number of pyridine rings is 1. The SMILES string of the molecule is CC1CCCN1c1cccc(C(N)=NO)n1. The Bertz CT molecular complexity index is 405. The maximum atomic E-state index is 8.61. The van der Waals surface area contributed by atoms with Crippen molar-refractivity contribution in [2.45, 2.75) is 25.8 Å². The summed E-state index contributed by atoms with van der Waals surface area (Å²) in [4.78, 5) is 6.63. The first-order valence-electron chi connectivity index (χ1n) is 5.44. The Hall–Kier alpha value is -1.78. The highest BCUT2D eigenvalue weighted by Gasteiger charge is 2.21. The maximum Gasteiger partial charge on any atom is 0.188 e. The van der Waals surface area contributed by atoms with E-state index in [-0.39, 0.29) is 5.84 Å². The van der Waals surface area contributed by atoms with Crippen LogP contribution in [0.25, 0.3) is 0 Å². The van der Waals surface area contributed by atoms with E-state index in [1.54, 1.807) is 6.07 Å². The van der Waals surface area contributed by atoms with E-state index in [4.69, 9.17) is 10.9 Å². The van der Waals surface area contributed by atoms with E-state index in [2.05, 4.69) is 22.0 Å². The number of hydrogen-bond acceptors (Lipinski definition) is 4. The zero-order valence-corrected chi connectivity index (χ0v) is 9.30. The second-order valence-corrected chi connectivity index (χ2v) is 4.05. The average Bonchev–Trinajstić information content (AvgIpc) is 2.74. The Kier molecular flexibility index (Phi) is 2.94. The summed E-state index contributed by atoms with van der Waals surface area (Å²) < 4.78 is 0. The Labute approximate surface area is 94.6 Å². The molecule has 3 N–H and O–H groups in total. The predicted octanol–water partition coefficient (Wildman–Crippen LogP) is 1.16. The summed E-state index contributed by atoms with van der Waals surface area (Å²) in [5.74, 6) is 0.947. The third-order valence-corrected chi connectivity index (χ3v) is 2.95. The molecule has 2 heterocycles. The normalized spacial score (nSPS) is 21.4. The summed E-state index contributed by atoms with van der Waals surface area (Å²) >= 11 is 0. The van der Waals surface area contributed by atoms with E-state index >= 15 is 0 Å². The number of hydrogen-bond donors (Lipinski definition) is 2. The fraction of sp³-hybridized carbons (Fsp3) is 0.455. The van der Waals surface area contributed by atoms with Crippen molar-refractivity contribution in [3.63, 3.8) is 0 Å². The Morgan fingerprint density at radius 3 is 3.06 bits per heavy atom. The topological polar surface area (TPSA) is 74.7 Å². The van der Waals surface area contributed by atoms with E-state index in [9.17, 15) is 0 Å². The second-order valence-electron chi connectivity index (χ2n) is 4.05. The molecule has 0 bridgehead atoms. The van der Waals surface area contributed by atoms with Crippen LogP contribution >= 0.6 is 0 Å². The number of amidine groups is 1. The van der Waals surface area contributed by atoms with Crippen LogP contribution in [0.4, 0.5) is 5.82 Å². The number of anilines is 1. The van der Waals surface area contributed by atoms with Crippen LogP contribution in [0.5, 0.6) is 0 Å². The largest absolute Gasteiger partial charge is 0.409 e. The van der Waals surface area contributed by atoms with E-state index < -0.39 is 0 Å². The smallest absolute Gasteiger partial charge is 0.188 e. The molecule has 1 unspecified atom stereocenters. The molecule has 1 aliphatic heterocycles. The van der Waals surface area contributed by atoms with Crippen LogP contribution in [0, 0.1) is 0 Å². The van der Waals surface area contributed by atoms with Crippen LogP contribution < -0.4 is 10.6 Å². The van der Waals surface area contributed by atoms with Crippen molar-refractivity contribution in [2.75, 3.05) is 11.4 Å². The fourth-order valence-corrected chi connectivity index (χ4v) is 2.05. The summed E-state index contributed by atoms with van der Waals surface area (Å²) in [7, 11) is 0. The van der Waals surface area contributed by atoms with Gasteiger partial charge in [-0.2, -0.15) is 0 Å². The molecule has 1 fully saturated rings. The van der Waals surface area contributed by atoms with Crippen LogP contribution in [-0.4, -0.2) is 28.6 Å². The standard InChI is InChI=1S/C11H16N4O/c1-8-4-3-7-15(8)10-6-2-5-9(13-10)11(12)14-16/h2,5-6,8,16H,3-4,7H2,1H3,(H2,12,14). The third-order valence-electron chi connectivity index (χ3n) is 2.95. The van der Waals surface area contributed by atoms with Gasteiger partial charge in [0.15, 0.2) is 5.84 Å². The number of nitrogens with zero attached hydrogens (tertiary/aromatic N) is 3. The number of oxime groups is 1. The lowest BCUT2D eigenvalue weighted by Gasteiger charge is -2.22. The molecule has 0 saturated carbocycles. The minimum Gasteiger partial charge on any atom is -0.409 e. The quantitative estimate of drug-likeness (QED) is 0.339. The van der Waals surface area contributed by atoms with Crippen molar-refractivity contribution in [1.29, 1.82) is 0 Å². The van der Waals surface area contributed by atoms with Crippen LogP contribution in [0.15, 0.2) is 23.4 Å². The molecule has 2 rings (SSSR count). The molecule has 1 aromatic heterocycles. The van der Waals surface area contributed by atoms with E-state index in [0.29, 0.717) is 11.7 Å². The highest BCUT2D eigenvalue weighted by atomic mass is 16.4. The zero-order valence-electron chi connectivity index (χ0n) is 9.30. The first kappa shape index (κ1) is 10.7. The number of aromatic nitrogens is 1. The van der Waals surface area contributed by atoms with E-state index in [1.165, 1.54) is 12.8 Å². The molecule has 0 radical (unpaired) electrons. The molecule has 5 nitrogen and oxygen atoms in total. The van der Waals surface area contributed by atoms with E-state index in [1.807, 2.05) is 12.1 Å². The molecule has 1 aromatic rings. The molecule has 5 heteroatoms. The van der Waals surface area contributed by atoms with Gasteiger partial charge in [-0.1, -0.05) is 11.2 Å². The highest BCUT2D eigenvalue weighted by Crippen LogP contribution is 2.23. The van der Waals surface area contributed by atoms with Crippen molar-refractivity contribution >= 4 is 11.7 Å². The molecular weight excluding hydrogens is 204 g/mol. The van der Waals surface area contributed by atoms with Crippen LogP contribution in [0.2, 0.25) is 0 Å². The molecule has 1 aliphatic rings. The molecule has 1 saturated heterocycles. The first-order valence-corrected chi connectivity index (χ1v) is 5.44. The van der Waals surface area contributed by atoms with Crippen molar-refractivity contribution in [3.05, 3.63) is 23.9 Å². The minimum atomic E-state index is 0.0497. The Morgan fingerprint density at radius 1 is 1.62 bits per heavy atom. The van der Waals surface area contributed by atoms with Crippen molar-refractivity contribution in [2.24, 2.45) is 10.9 Å². The number of nitrogens with two attached hydrogens (primary N) is 1. The maximum absolute atomic E-state index is 8.61. The molecule has 0 aromatic carbocycles. The molecular formula is C11H16N4O. The molecule has 86 valence electrons. The van der Waals surface area contributed by atoms with Gasteiger partial charge in [-0.25, -0.2) is 4.98 Å². The van der Waals surface area contributed by atoms with Gasteiger partial charge in [0.1, 0.15) is 11.5 Å². The van der Waals surface area contributed by atoms with Gasteiger partial charge in [0.25, 0.3) is 0 Å². The zero-order chi connectivity index (χ0) is 11.5. The summed E-state index contributed by atoms with van der Waals surface area (Å²) in [5.41, 5.74) is 6.03. The molecule has 0 spiro atoms. The van der Waals surface area contributed by atoms with Gasteiger partial charge >= 0.3 is 0 Å². The lowest BCUT2D eigenvalue weighted by atomic mass is 10.2. The van der Waals surface area contributed by atoms with Gasteiger partial charge in [0.05, 0.1) is 0 Å². The van der Waals surface area contributed by atoms with Crippen molar-refractivity contribution in [3.8, 4) is 0 Å². The van der Waals surface area contributed by atoms with Gasteiger partial charge < -0.3 is 15.8 Å². The number of rotatable bonds is 2. The fourth-order valence-electron chi connectivity index (χ4n) is 2.05.